The van der Waals surface area contributed by atoms with Gasteiger partial charge in [-0.2, -0.15) is 16.9 Å². The van der Waals surface area contributed by atoms with Crippen LogP contribution in [0.3, 0.4) is 0 Å². The van der Waals surface area contributed by atoms with Crippen LogP contribution in [0.2, 0.25) is 0 Å². The maximum Gasteiger partial charge on any atom is 0.252 e. The lowest BCUT2D eigenvalue weighted by Crippen LogP contribution is -2.37. The molecule has 1 saturated heterocycles. The Labute approximate surface area is 161 Å². The number of carbonyl (C=O) groups excluding carboxylic acids is 1. The topological polar surface area (TPSA) is 59.8 Å². The number of carbonyl (C=O) groups is 1. The van der Waals surface area contributed by atoms with Gasteiger partial charge in [-0.05, 0) is 55.7 Å². The highest BCUT2D eigenvalue weighted by Crippen LogP contribution is 2.29. The van der Waals surface area contributed by atoms with Crippen LogP contribution < -0.4 is 5.32 Å². The maximum absolute atomic E-state index is 13.0. The first kappa shape index (κ1) is 17.5. The predicted molar refractivity (Wildman–Crippen MR) is 109 cm³/mol. The minimum Gasteiger partial charge on any atom is -0.349 e. The monoisotopic (exact) mass is 386 g/mol. The molecule has 1 fully saturated rings. The van der Waals surface area contributed by atoms with Gasteiger partial charge in [0.1, 0.15) is 0 Å². The molecule has 1 aliphatic heterocycles. The number of nitrogens with zero attached hydrogens (tertiary/aromatic N) is 3. The third kappa shape index (κ3) is 3.38. The molecule has 1 amide bonds. The molecule has 26 heavy (non-hydrogen) atoms. The molecule has 0 bridgehead atoms. The summed E-state index contributed by atoms with van der Waals surface area (Å²) in [5.41, 5.74) is 2.28. The number of aromatic nitrogens is 3. The number of pyridine rings is 1. The molecular formula is C19H22N4OS2. The van der Waals surface area contributed by atoms with E-state index in [0.29, 0.717) is 5.56 Å². The van der Waals surface area contributed by atoms with Crippen molar-refractivity contribution >= 4 is 40.0 Å². The van der Waals surface area contributed by atoms with Crippen molar-refractivity contribution in [2.24, 2.45) is 0 Å². The van der Waals surface area contributed by atoms with Crippen molar-refractivity contribution < 1.29 is 4.79 Å². The van der Waals surface area contributed by atoms with Crippen LogP contribution in [0, 0.1) is 0 Å². The second-order valence-electron chi connectivity index (χ2n) is 6.81. The number of hydrogen-bond donors (Lipinski definition) is 1. The lowest BCUT2D eigenvalue weighted by molar-refractivity contribution is 0.0936. The quantitative estimate of drug-likeness (QED) is 0.723. The fourth-order valence-corrected chi connectivity index (χ4v) is 5.03. The molecule has 0 aromatic carbocycles. The summed E-state index contributed by atoms with van der Waals surface area (Å²) in [6.07, 6.45) is 3.84. The Kier molecular flexibility index (Phi) is 5.00. The van der Waals surface area contributed by atoms with Crippen molar-refractivity contribution in [2.45, 2.75) is 38.8 Å². The van der Waals surface area contributed by atoms with Gasteiger partial charge in [0.25, 0.3) is 5.91 Å². The molecule has 0 radical (unpaired) electrons. The van der Waals surface area contributed by atoms with Crippen LogP contribution in [0.15, 0.2) is 29.8 Å². The van der Waals surface area contributed by atoms with Gasteiger partial charge in [0.15, 0.2) is 5.65 Å². The van der Waals surface area contributed by atoms with E-state index in [9.17, 15) is 4.79 Å². The number of fused-ring (bicyclic) bond motifs is 1. The summed E-state index contributed by atoms with van der Waals surface area (Å²) >= 11 is 3.59. The molecule has 1 N–H and O–H groups in total. The molecule has 3 aromatic rings. The molecule has 136 valence electrons. The van der Waals surface area contributed by atoms with Gasteiger partial charge >= 0.3 is 0 Å². The van der Waals surface area contributed by atoms with Gasteiger partial charge in [-0.1, -0.05) is 6.07 Å². The summed E-state index contributed by atoms with van der Waals surface area (Å²) in [5.74, 6) is 2.21. The van der Waals surface area contributed by atoms with E-state index in [1.807, 2.05) is 40.0 Å². The Morgan fingerprint density at radius 1 is 1.35 bits per heavy atom. The van der Waals surface area contributed by atoms with Crippen LogP contribution in [-0.4, -0.2) is 38.2 Å². The van der Waals surface area contributed by atoms with Crippen molar-refractivity contribution in [3.63, 3.8) is 0 Å². The SMILES string of the molecule is CC(C)n1ncc2c(C(=O)NC3CCSCC3)cc(-c3cccs3)nc21. The molecule has 0 spiro atoms. The Morgan fingerprint density at radius 2 is 2.15 bits per heavy atom. The maximum atomic E-state index is 13.0. The number of rotatable bonds is 4. The number of amides is 1. The third-order valence-corrected chi connectivity index (χ3v) is 6.57. The van der Waals surface area contributed by atoms with Gasteiger partial charge in [-0.25, -0.2) is 9.67 Å². The molecule has 4 rings (SSSR count). The average molecular weight is 387 g/mol. The second kappa shape index (κ2) is 7.40. The lowest BCUT2D eigenvalue weighted by Gasteiger charge is -2.22. The van der Waals surface area contributed by atoms with E-state index in [4.69, 9.17) is 4.98 Å². The first-order valence-corrected chi connectivity index (χ1v) is 11.0. The molecule has 3 aromatic heterocycles. The van der Waals surface area contributed by atoms with E-state index < -0.39 is 0 Å². The Bertz CT molecular complexity index is 911. The summed E-state index contributed by atoms with van der Waals surface area (Å²) in [7, 11) is 0. The minimum absolute atomic E-state index is 0.0181. The molecule has 7 heteroatoms. The summed E-state index contributed by atoms with van der Waals surface area (Å²) in [4.78, 5) is 18.9. The van der Waals surface area contributed by atoms with E-state index in [1.54, 1.807) is 17.5 Å². The fraction of sp³-hybridized carbons (Fsp3) is 0.421. The highest BCUT2D eigenvalue weighted by molar-refractivity contribution is 7.99. The second-order valence-corrected chi connectivity index (χ2v) is 8.99. The largest absolute Gasteiger partial charge is 0.349 e. The van der Waals surface area contributed by atoms with Crippen LogP contribution in [-0.2, 0) is 0 Å². The molecule has 0 unspecified atom stereocenters. The van der Waals surface area contributed by atoms with Crippen molar-refractivity contribution in [1.29, 1.82) is 0 Å². The van der Waals surface area contributed by atoms with Crippen LogP contribution in [0.4, 0.5) is 0 Å². The summed E-state index contributed by atoms with van der Waals surface area (Å²) < 4.78 is 1.89. The van der Waals surface area contributed by atoms with E-state index in [2.05, 4.69) is 24.3 Å². The van der Waals surface area contributed by atoms with Gasteiger partial charge in [0.05, 0.1) is 27.7 Å². The molecule has 4 heterocycles. The van der Waals surface area contributed by atoms with Gasteiger partial charge < -0.3 is 5.32 Å². The van der Waals surface area contributed by atoms with E-state index in [1.165, 1.54) is 0 Å². The van der Waals surface area contributed by atoms with Gasteiger partial charge in [-0.15, -0.1) is 11.3 Å². The zero-order chi connectivity index (χ0) is 18.1. The molecule has 1 aliphatic rings. The standard InChI is InChI=1S/C19H22N4OS2/c1-12(2)23-18-15(11-20-23)14(10-16(22-18)17-4-3-7-26-17)19(24)21-13-5-8-25-9-6-13/h3-4,7,10-13H,5-6,8-9H2,1-2H3,(H,21,24). The number of nitrogens with one attached hydrogen (secondary N) is 1. The van der Waals surface area contributed by atoms with Crippen molar-refractivity contribution in [3.8, 4) is 10.6 Å². The summed E-state index contributed by atoms with van der Waals surface area (Å²) in [6.45, 7) is 4.15. The zero-order valence-electron chi connectivity index (χ0n) is 14.9. The van der Waals surface area contributed by atoms with E-state index in [0.717, 1.165) is 46.0 Å². The number of thioether (sulfide) groups is 1. The van der Waals surface area contributed by atoms with E-state index >= 15 is 0 Å². The van der Waals surface area contributed by atoms with Crippen LogP contribution in [0.1, 0.15) is 43.1 Å². The number of hydrogen-bond acceptors (Lipinski definition) is 5. The smallest absolute Gasteiger partial charge is 0.252 e. The highest BCUT2D eigenvalue weighted by Gasteiger charge is 2.22. The molecule has 0 atom stereocenters. The predicted octanol–water partition coefficient (Wildman–Crippen LogP) is 4.37. The molecule has 0 aliphatic carbocycles. The van der Waals surface area contributed by atoms with Crippen LogP contribution in [0.5, 0.6) is 0 Å². The Balaban J connectivity index is 1.77. The first-order valence-electron chi connectivity index (χ1n) is 8.94. The van der Waals surface area contributed by atoms with Crippen LogP contribution >= 0.6 is 23.1 Å². The number of thiophene rings is 1. The minimum atomic E-state index is -0.0181. The van der Waals surface area contributed by atoms with Gasteiger partial charge in [-0.3, -0.25) is 4.79 Å². The van der Waals surface area contributed by atoms with Crippen molar-refractivity contribution in [2.75, 3.05) is 11.5 Å². The molecule has 5 nitrogen and oxygen atoms in total. The first-order chi connectivity index (χ1) is 12.6. The van der Waals surface area contributed by atoms with Crippen LogP contribution in [0.25, 0.3) is 21.6 Å². The Hall–Kier alpha value is -1.86. The summed E-state index contributed by atoms with van der Waals surface area (Å²) in [5, 5.41) is 10.6. The van der Waals surface area contributed by atoms with Gasteiger partial charge in [0.2, 0.25) is 0 Å². The third-order valence-electron chi connectivity index (χ3n) is 4.63. The normalized spacial score (nSPS) is 15.7. The molecule has 0 saturated carbocycles. The fourth-order valence-electron chi connectivity index (χ4n) is 3.24. The average Bonchev–Trinajstić information content (AvgIpc) is 3.31. The van der Waals surface area contributed by atoms with E-state index in [-0.39, 0.29) is 18.0 Å². The lowest BCUT2D eigenvalue weighted by atomic mass is 10.1. The highest BCUT2D eigenvalue weighted by atomic mass is 32.2. The summed E-state index contributed by atoms with van der Waals surface area (Å²) in [6, 6.07) is 6.40. The Morgan fingerprint density at radius 3 is 2.85 bits per heavy atom. The zero-order valence-corrected chi connectivity index (χ0v) is 16.6. The van der Waals surface area contributed by atoms with Crippen molar-refractivity contribution in [1.82, 2.24) is 20.1 Å². The van der Waals surface area contributed by atoms with Crippen molar-refractivity contribution in [3.05, 3.63) is 35.3 Å². The van der Waals surface area contributed by atoms with Gasteiger partial charge in [0, 0.05) is 12.1 Å². The molecular weight excluding hydrogens is 364 g/mol.